The van der Waals surface area contributed by atoms with Gasteiger partial charge < -0.3 is 4.74 Å². The van der Waals surface area contributed by atoms with Gasteiger partial charge in [-0.15, -0.1) is 0 Å². The molecule has 2 aromatic rings. The Morgan fingerprint density at radius 3 is 3.08 bits per heavy atom. The topological polar surface area (TPSA) is 26.5 Å². The molecular formula is C8H6BrFN2O. The molecule has 0 fully saturated rings. The molecule has 3 nitrogen and oxygen atoms in total. The van der Waals surface area contributed by atoms with Crippen LogP contribution in [0.25, 0.3) is 5.52 Å². The van der Waals surface area contributed by atoms with Crippen molar-refractivity contribution in [3.05, 3.63) is 29.0 Å². The van der Waals surface area contributed by atoms with Gasteiger partial charge in [0.15, 0.2) is 0 Å². The summed E-state index contributed by atoms with van der Waals surface area (Å²) >= 11 is 3.25. The third-order valence-corrected chi connectivity index (χ3v) is 2.31. The van der Waals surface area contributed by atoms with E-state index in [0.717, 1.165) is 5.52 Å². The van der Waals surface area contributed by atoms with Gasteiger partial charge in [-0.1, -0.05) is 0 Å². The normalized spacial score (nSPS) is 10.7. The fourth-order valence-corrected chi connectivity index (χ4v) is 1.68. The SMILES string of the molecule is COc1cc(F)cn2cnc(Br)c12. The molecule has 0 spiro atoms. The lowest BCUT2D eigenvalue weighted by Crippen LogP contribution is -1.91. The lowest BCUT2D eigenvalue weighted by molar-refractivity contribution is 0.413. The Bertz CT molecular complexity index is 455. The lowest BCUT2D eigenvalue weighted by Gasteiger charge is -2.02. The van der Waals surface area contributed by atoms with Crippen LogP contribution in [-0.2, 0) is 0 Å². The van der Waals surface area contributed by atoms with Crippen molar-refractivity contribution in [2.24, 2.45) is 0 Å². The predicted molar refractivity (Wildman–Crippen MR) is 49.4 cm³/mol. The molecule has 0 aliphatic rings. The van der Waals surface area contributed by atoms with E-state index in [-0.39, 0.29) is 5.82 Å². The third-order valence-electron chi connectivity index (χ3n) is 1.73. The highest BCUT2D eigenvalue weighted by Gasteiger charge is 2.09. The molecule has 0 saturated heterocycles. The van der Waals surface area contributed by atoms with Gasteiger partial charge in [0.25, 0.3) is 0 Å². The maximum Gasteiger partial charge on any atom is 0.148 e. The van der Waals surface area contributed by atoms with E-state index >= 15 is 0 Å². The quantitative estimate of drug-likeness (QED) is 0.770. The minimum absolute atomic E-state index is 0.353. The fourth-order valence-electron chi connectivity index (χ4n) is 1.18. The number of pyridine rings is 1. The molecule has 0 bridgehead atoms. The Kier molecular flexibility index (Phi) is 1.95. The molecule has 0 N–H and O–H groups in total. The summed E-state index contributed by atoms with van der Waals surface area (Å²) in [6, 6.07) is 1.32. The molecule has 2 heterocycles. The zero-order chi connectivity index (χ0) is 9.42. The highest BCUT2D eigenvalue weighted by Crippen LogP contribution is 2.26. The van der Waals surface area contributed by atoms with E-state index in [9.17, 15) is 4.39 Å². The van der Waals surface area contributed by atoms with Crippen LogP contribution in [0.1, 0.15) is 0 Å². The van der Waals surface area contributed by atoms with E-state index in [1.165, 1.54) is 25.7 Å². The molecule has 68 valence electrons. The maximum absolute atomic E-state index is 12.9. The van der Waals surface area contributed by atoms with E-state index in [1.54, 1.807) is 4.40 Å². The van der Waals surface area contributed by atoms with Gasteiger partial charge >= 0.3 is 0 Å². The number of fused-ring (bicyclic) bond motifs is 1. The number of halogens is 2. The van der Waals surface area contributed by atoms with Crippen LogP contribution < -0.4 is 4.74 Å². The number of hydrogen-bond acceptors (Lipinski definition) is 2. The number of imidazole rings is 1. The van der Waals surface area contributed by atoms with Crippen molar-refractivity contribution in [2.75, 3.05) is 7.11 Å². The summed E-state index contributed by atoms with van der Waals surface area (Å²) in [5, 5.41) is 0. The standard InChI is InChI=1S/C8H6BrFN2O/c1-13-6-2-5(10)3-12-4-11-8(9)7(6)12/h2-4H,1H3. The predicted octanol–water partition coefficient (Wildman–Crippen LogP) is 2.24. The van der Waals surface area contributed by atoms with Gasteiger partial charge in [-0.3, -0.25) is 4.40 Å². The second-order valence-corrected chi connectivity index (χ2v) is 3.27. The fraction of sp³-hybridized carbons (Fsp3) is 0.125. The van der Waals surface area contributed by atoms with Crippen LogP contribution in [0.4, 0.5) is 4.39 Å². The summed E-state index contributed by atoms with van der Waals surface area (Å²) in [6.07, 6.45) is 2.86. The van der Waals surface area contributed by atoms with Crippen LogP contribution >= 0.6 is 15.9 Å². The first-order valence-corrected chi connectivity index (χ1v) is 4.37. The number of aromatic nitrogens is 2. The minimum Gasteiger partial charge on any atom is -0.494 e. The second kappa shape index (κ2) is 2.99. The first-order valence-electron chi connectivity index (χ1n) is 3.58. The molecule has 0 unspecified atom stereocenters. The Balaban J connectivity index is 2.85. The van der Waals surface area contributed by atoms with Crippen LogP contribution in [0.15, 0.2) is 23.2 Å². The molecule has 5 heteroatoms. The molecule has 0 aliphatic carbocycles. The minimum atomic E-state index is -0.353. The zero-order valence-corrected chi connectivity index (χ0v) is 8.38. The van der Waals surface area contributed by atoms with Crippen molar-refractivity contribution in [2.45, 2.75) is 0 Å². The van der Waals surface area contributed by atoms with Crippen LogP contribution in [0, 0.1) is 5.82 Å². The Morgan fingerprint density at radius 2 is 2.38 bits per heavy atom. The van der Waals surface area contributed by atoms with E-state index < -0.39 is 0 Å². The van der Waals surface area contributed by atoms with Crippen molar-refractivity contribution >= 4 is 21.4 Å². The van der Waals surface area contributed by atoms with Gasteiger partial charge in [-0.05, 0) is 15.9 Å². The molecule has 0 saturated carbocycles. The molecular weight excluding hydrogens is 239 g/mol. The highest BCUT2D eigenvalue weighted by molar-refractivity contribution is 9.10. The van der Waals surface area contributed by atoms with Crippen LogP contribution in [0.5, 0.6) is 5.75 Å². The largest absolute Gasteiger partial charge is 0.494 e. The molecule has 2 rings (SSSR count). The van der Waals surface area contributed by atoms with Gasteiger partial charge in [-0.25, -0.2) is 9.37 Å². The Hall–Kier alpha value is -1.10. The van der Waals surface area contributed by atoms with Crippen molar-refractivity contribution in [1.29, 1.82) is 0 Å². The first-order chi connectivity index (χ1) is 6.22. The number of hydrogen-bond donors (Lipinski definition) is 0. The van der Waals surface area contributed by atoms with Crippen molar-refractivity contribution in [1.82, 2.24) is 9.38 Å². The van der Waals surface area contributed by atoms with E-state index in [4.69, 9.17) is 4.74 Å². The number of methoxy groups -OCH3 is 1. The maximum atomic E-state index is 12.9. The summed E-state index contributed by atoms with van der Waals surface area (Å²) in [6.45, 7) is 0. The number of nitrogens with zero attached hydrogens (tertiary/aromatic N) is 2. The molecule has 0 atom stereocenters. The monoisotopic (exact) mass is 244 g/mol. The molecule has 0 aliphatic heterocycles. The summed E-state index contributed by atoms with van der Waals surface area (Å²) in [5.74, 6) is 0.110. The van der Waals surface area contributed by atoms with Gasteiger partial charge in [0.1, 0.15) is 28.0 Å². The van der Waals surface area contributed by atoms with Crippen molar-refractivity contribution in [3.8, 4) is 5.75 Å². The molecule has 0 aromatic carbocycles. The molecule has 0 amide bonds. The average Bonchev–Trinajstić information content (AvgIpc) is 2.46. The van der Waals surface area contributed by atoms with Gasteiger partial charge in [0.2, 0.25) is 0 Å². The summed E-state index contributed by atoms with van der Waals surface area (Å²) in [4.78, 5) is 3.98. The number of ether oxygens (including phenoxy) is 1. The number of rotatable bonds is 1. The van der Waals surface area contributed by atoms with Gasteiger partial charge in [0, 0.05) is 12.3 Å². The summed E-state index contributed by atoms with van der Waals surface area (Å²) in [5.41, 5.74) is 0.726. The Labute approximate surface area is 82.3 Å². The first kappa shape index (κ1) is 8.50. The average molecular weight is 245 g/mol. The lowest BCUT2D eigenvalue weighted by atomic mass is 10.4. The van der Waals surface area contributed by atoms with Crippen LogP contribution in [0.2, 0.25) is 0 Å². The smallest absolute Gasteiger partial charge is 0.148 e. The van der Waals surface area contributed by atoms with Gasteiger partial charge in [-0.2, -0.15) is 0 Å². The van der Waals surface area contributed by atoms with E-state index in [1.807, 2.05) is 0 Å². The van der Waals surface area contributed by atoms with Gasteiger partial charge in [0.05, 0.1) is 7.11 Å². The van der Waals surface area contributed by atoms with E-state index in [2.05, 4.69) is 20.9 Å². The molecule has 13 heavy (non-hydrogen) atoms. The Morgan fingerprint density at radius 1 is 1.62 bits per heavy atom. The van der Waals surface area contributed by atoms with Crippen LogP contribution in [0.3, 0.4) is 0 Å². The third kappa shape index (κ3) is 1.29. The highest BCUT2D eigenvalue weighted by atomic mass is 79.9. The van der Waals surface area contributed by atoms with Crippen LogP contribution in [-0.4, -0.2) is 16.5 Å². The molecule has 2 aromatic heterocycles. The van der Waals surface area contributed by atoms with E-state index in [0.29, 0.717) is 10.4 Å². The summed E-state index contributed by atoms with van der Waals surface area (Å²) in [7, 11) is 1.49. The molecule has 0 radical (unpaired) electrons. The van der Waals surface area contributed by atoms with Crippen molar-refractivity contribution < 1.29 is 9.13 Å². The summed E-state index contributed by atoms with van der Waals surface area (Å²) < 4.78 is 20.2. The zero-order valence-electron chi connectivity index (χ0n) is 6.79. The second-order valence-electron chi connectivity index (χ2n) is 2.52. The van der Waals surface area contributed by atoms with Crippen molar-refractivity contribution in [3.63, 3.8) is 0 Å².